The lowest BCUT2D eigenvalue weighted by Gasteiger charge is -2.28. The van der Waals surface area contributed by atoms with E-state index in [-0.39, 0.29) is 5.41 Å². The van der Waals surface area contributed by atoms with Crippen LogP contribution in [0, 0.1) is 0 Å². The normalized spacial score (nSPS) is 12.5. The van der Waals surface area contributed by atoms with Crippen LogP contribution in [-0.4, -0.2) is 0 Å². The molecule has 0 radical (unpaired) electrons. The largest absolute Gasteiger partial charge is 0.310 e. The number of fused-ring (bicyclic) bond motifs is 4. The Labute approximate surface area is 364 Å². The summed E-state index contributed by atoms with van der Waals surface area (Å²) in [6, 6.07) is 86.6. The third-order valence-corrected chi connectivity index (χ3v) is 12.9. The van der Waals surface area contributed by atoms with E-state index in [0.717, 1.165) is 17.1 Å². The number of benzene rings is 10. The van der Waals surface area contributed by atoms with Gasteiger partial charge in [-0.05, 0) is 143 Å². The summed E-state index contributed by atoms with van der Waals surface area (Å²) in [5.41, 5.74) is 20.7. The minimum absolute atomic E-state index is 0.192. The number of rotatable bonds is 8. The van der Waals surface area contributed by atoms with Gasteiger partial charge in [0.05, 0.1) is 0 Å². The third kappa shape index (κ3) is 6.79. The van der Waals surface area contributed by atoms with Gasteiger partial charge in [0.25, 0.3) is 0 Å². The molecule has 1 aliphatic rings. The Morgan fingerprint density at radius 2 is 0.629 bits per heavy atom. The molecule has 0 aromatic heterocycles. The van der Waals surface area contributed by atoms with Crippen molar-refractivity contribution in [2.45, 2.75) is 19.3 Å². The maximum Gasteiger partial charge on any atom is 0.0465 e. The quantitative estimate of drug-likeness (QED) is 0.148. The summed E-state index contributed by atoms with van der Waals surface area (Å²) in [5, 5.41) is 2.53. The van der Waals surface area contributed by atoms with Gasteiger partial charge in [-0.2, -0.15) is 0 Å². The van der Waals surface area contributed by atoms with Crippen molar-refractivity contribution >= 4 is 27.8 Å². The Balaban J connectivity index is 0.961. The molecule has 0 unspecified atom stereocenters. The second-order valence-corrected chi connectivity index (χ2v) is 17.0. The lowest BCUT2D eigenvalue weighted by atomic mass is 9.81. The molecule has 0 aliphatic heterocycles. The highest BCUT2D eigenvalue weighted by Gasteiger charge is 2.36. The molecule has 0 spiro atoms. The molecule has 1 aliphatic carbocycles. The summed E-state index contributed by atoms with van der Waals surface area (Å²) >= 11 is 0. The molecule has 294 valence electrons. The maximum atomic E-state index is 2.43. The predicted molar refractivity (Wildman–Crippen MR) is 263 cm³/mol. The van der Waals surface area contributed by atoms with E-state index < -0.39 is 0 Å². The van der Waals surface area contributed by atoms with Crippen molar-refractivity contribution in [1.29, 1.82) is 0 Å². The Kier molecular flexibility index (Phi) is 9.24. The second-order valence-electron chi connectivity index (χ2n) is 17.0. The monoisotopic (exact) mass is 791 g/mol. The van der Waals surface area contributed by atoms with Crippen LogP contribution in [0.25, 0.3) is 77.5 Å². The summed E-state index contributed by atoms with van der Waals surface area (Å²) in [7, 11) is 0. The zero-order chi connectivity index (χ0) is 41.6. The minimum atomic E-state index is -0.192. The van der Waals surface area contributed by atoms with E-state index in [0.29, 0.717) is 0 Å². The van der Waals surface area contributed by atoms with Crippen LogP contribution in [0.15, 0.2) is 237 Å². The average Bonchev–Trinajstić information content (AvgIpc) is 3.57. The molecule has 0 N–H and O–H groups in total. The smallest absolute Gasteiger partial charge is 0.0465 e. The van der Waals surface area contributed by atoms with Crippen molar-refractivity contribution in [2.24, 2.45) is 0 Å². The van der Waals surface area contributed by atoms with Crippen LogP contribution in [0.3, 0.4) is 0 Å². The fraction of sp³-hybridized carbons (Fsp3) is 0.0492. The summed E-state index contributed by atoms with van der Waals surface area (Å²) in [6.45, 7) is 4.76. The van der Waals surface area contributed by atoms with Crippen molar-refractivity contribution in [3.8, 4) is 66.8 Å². The molecule has 10 aromatic rings. The molecule has 62 heavy (non-hydrogen) atoms. The predicted octanol–water partition coefficient (Wildman–Crippen LogP) is 17.0. The molecule has 1 nitrogen and oxygen atoms in total. The first-order valence-corrected chi connectivity index (χ1v) is 21.6. The Hall–Kier alpha value is -7.74. The van der Waals surface area contributed by atoms with Crippen LogP contribution in [0.1, 0.15) is 25.0 Å². The molecule has 0 fully saturated rings. The van der Waals surface area contributed by atoms with Gasteiger partial charge in [-0.15, -0.1) is 0 Å². The van der Waals surface area contributed by atoms with Crippen molar-refractivity contribution in [3.63, 3.8) is 0 Å². The van der Waals surface area contributed by atoms with Crippen LogP contribution in [0.2, 0.25) is 0 Å². The fourth-order valence-electron chi connectivity index (χ4n) is 9.46. The first-order chi connectivity index (χ1) is 30.5. The summed E-state index contributed by atoms with van der Waals surface area (Å²) in [4.78, 5) is 2.41. The van der Waals surface area contributed by atoms with E-state index in [1.54, 1.807) is 0 Å². The van der Waals surface area contributed by atoms with Crippen LogP contribution in [-0.2, 0) is 5.41 Å². The number of hydrogen-bond donors (Lipinski definition) is 0. The molecule has 0 saturated carbocycles. The van der Waals surface area contributed by atoms with Crippen molar-refractivity contribution in [2.75, 3.05) is 4.90 Å². The lowest BCUT2D eigenvalue weighted by molar-refractivity contribution is 0.660. The van der Waals surface area contributed by atoms with Gasteiger partial charge in [0.15, 0.2) is 0 Å². The third-order valence-electron chi connectivity index (χ3n) is 12.9. The molecule has 10 aromatic carbocycles. The minimum Gasteiger partial charge on any atom is -0.310 e. The Morgan fingerprint density at radius 1 is 0.258 bits per heavy atom. The molecule has 1 heteroatoms. The van der Waals surface area contributed by atoms with E-state index >= 15 is 0 Å². The summed E-state index contributed by atoms with van der Waals surface area (Å²) < 4.78 is 0. The zero-order valence-corrected chi connectivity index (χ0v) is 35.0. The SMILES string of the molecule is CC1(C)c2cc(-c3ccc4ccccc4c3)ccc2-c2ccc(N(c3ccc(-c4ccc(-c5ccccc5)cc4)cc3)c3ccc(-c4cccc(-c5ccccc5)c4)cc3)cc21. The van der Waals surface area contributed by atoms with Crippen LogP contribution in [0.4, 0.5) is 17.1 Å². The first kappa shape index (κ1) is 37.3. The highest BCUT2D eigenvalue weighted by molar-refractivity contribution is 5.91. The zero-order valence-electron chi connectivity index (χ0n) is 35.0. The van der Waals surface area contributed by atoms with Gasteiger partial charge in [-0.1, -0.05) is 196 Å². The molecule has 0 bridgehead atoms. The van der Waals surface area contributed by atoms with Crippen molar-refractivity contribution in [3.05, 3.63) is 248 Å². The van der Waals surface area contributed by atoms with Gasteiger partial charge in [0.1, 0.15) is 0 Å². The van der Waals surface area contributed by atoms with Gasteiger partial charge in [0, 0.05) is 22.5 Å². The highest BCUT2D eigenvalue weighted by Crippen LogP contribution is 2.52. The number of anilines is 3. The average molecular weight is 792 g/mol. The van der Waals surface area contributed by atoms with Crippen molar-refractivity contribution < 1.29 is 0 Å². The van der Waals surface area contributed by atoms with E-state index in [1.165, 1.54) is 88.7 Å². The topological polar surface area (TPSA) is 3.24 Å². The first-order valence-electron chi connectivity index (χ1n) is 21.6. The second kappa shape index (κ2) is 15.4. The molecule has 0 amide bonds. The van der Waals surface area contributed by atoms with Gasteiger partial charge in [0.2, 0.25) is 0 Å². The molecule has 0 heterocycles. The molecular formula is C61H45N. The molecule has 0 saturated heterocycles. The van der Waals surface area contributed by atoms with Gasteiger partial charge in [-0.25, -0.2) is 0 Å². The summed E-state index contributed by atoms with van der Waals surface area (Å²) in [5.74, 6) is 0. The standard InChI is InChI=1S/C61H45N/c1-61(2)59-40-53(52-25-24-44-16-9-10-17-49(44)39-52)30-36-57(59)58-37-35-56(41-60(58)61)62(54-31-26-47(27-32-54)46-22-20-45(21-23-46)42-12-5-3-6-13-42)55-33-28-48(29-34-55)51-19-11-18-50(38-51)43-14-7-4-8-15-43/h3-41H,1-2H3. The van der Waals surface area contributed by atoms with Crippen LogP contribution in [0.5, 0.6) is 0 Å². The van der Waals surface area contributed by atoms with Crippen molar-refractivity contribution in [1.82, 2.24) is 0 Å². The number of hydrogen-bond acceptors (Lipinski definition) is 1. The Morgan fingerprint density at radius 3 is 1.23 bits per heavy atom. The van der Waals surface area contributed by atoms with E-state index in [9.17, 15) is 0 Å². The molecule has 0 atom stereocenters. The van der Waals surface area contributed by atoms with E-state index in [4.69, 9.17) is 0 Å². The number of nitrogens with zero attached hydrogens (tertiary/aromatic N) is 1. The summed E-state index contributed by atoms with van der Waals surface area (Å²) in [6.07, 6.45) is 0. The van der Waals surface area contributed by atoms with Gasteiger partial charge >= 0.3 is 0 Å². The van der Waals surface area contributed by atoms with E-state index in [1.807, 2.05) is 0 Å². The van der Waals surface area contributed by atoms with E-state index in [2.05, 4.69) is 255 Å². The van der Waals surface area contributed by atoms with Gasteiger partial charge in [-0.3, -0.25) is 0 Å². The molecular weight excluding hydrogens is 747 g/mol. The highest BCUT2D eigenvalue weighted by atomic mass is 15.1. The maximum absolute atomic E-state index is 2.43. The van der Waals surface area contributed by atoms with Crippen LogP contribution >= 0.6 is 0 Å². The lowest BCUT2D eigenvalue weighted by Crippen LogP contribution is -2.16. The van der Waals surface area contributed by atoms with Gasteiger partial charge < -0.3 is 4.90 Å². The van der Waals surface area contributed by atoms with Crippen LogP contribution < -0.4 is 4.90 Å². The molecule has 11 rings (SSSR count). The Bertz CT molecular complexity index is 3220. The fourth-order valence-corrected chi connectivity index (χ4v) is 9.46.